The molecule has 29 heavy (non-hydrogen) atoms. The van der Waals surface area contributed by atoms with Crippen LogP contribution < -0.4 is 5.43 Å². The third-order valence-electron chi connectivity index (χ3n) is 5.47. The van der Waals surface area contributed by atoms with Gasteiger partial charge in [0.05, 0.1) is 18.9 Å². The Balaban J connectivity index is 1.44. The number of nitrogens with one attached hydrogen (secondary N) is 1. The van der Waals surface area contributed by atoms with Crippen molar-refractivity contribution < 1.29 is 22.7 Å². The molecule has 4 rings (SSSR count). The summed E-state index contributed by atoms with van der Waals surface area (Å²) in [6.07, 6.45) is 1.65. The van der Waals surface area contributed by atoms with Crippen molar-refractivity contribution >= 4 is 11.7 Å². The summed E-state index contributed by atoms with van der Waals surface area (Å²) in [4.78, 5) is 16.3. The van der Waals surface area contributed by atoms with Crippen molar-refractivity contribution in [3.05, 3.63) is 59.5 Å². The highest BCUT2D eigenvalue weighted by Crippen LogP contribution is 2.38. The third kappa shape index (κ3) is 3.68. The largest absolute Gasteiger partial charge is 0.495 e. The van der Waals surface area contributed by atoms with Crippen molar-refractivity contribution in [2.45, 2.75) is 31.1 Å². The smallest absolute Gasteiger partial charge is 0.416 e. The van der Waals surface area contributed by atoms with Crippen LogP contribution in [0.4, 0.5) is 13.2 Å². The number of halogens is 3. The minimum Gasteiger partial charge on any atom is -0.495 e. The summed E-state index contributed by atoms with van der Waals surface area (Å²) in [5.74, 6) is 0.381. The molecule has 0 spiro atoms. The number of carbonyl (C=O) groups is 1. The molecule has 0 saturated carbocycles. The fourth-order valence-corrected chi connectivity index (χ4v) is 3.95. The fraction of sp³-hybridized carbons (Fsp3) is 0.400. The fourth-order valence-electron chi connectivity index (χ4n) is 3.95. The number of hydrogen-bond donors (Lipinski definition) is 1. The average molecular weight is 406 g/mol. The Morgan fingerprint density at radius 1 is 1.24 bits per heavy atom. The number of amidine groups is 1. The zero-order chi connectivity index (χ0) is 20.6. The molecular weight excluding hydrogens is 385 g/mol. The highest BCUT2D eigenvalue weighted by atomic mass is 19.4. The summed E-state index contributed by atoms with van der Waals surface area (Å²) < 4.78 is 45.2. The number of fused-ring (bicyclic) bond motifs is 1. The second-order valence-electron chi connectivity index (χ2n) is 7.16. The first-order chi connectivity index (χ1) is 13.9. The van der Waals surface area contributed by atoms with E-state index in [9.17, 15) is 18.0 Å². The molecule has 1 N–H and O–H groups in total. The van der Waals surface area contributed by atoms with Crippen LogP contribution in [0.25, 0.3) is 0 Å². The van der Waals surface area contributed by atoms with Crippen LogP contribution >= 0.6 is 0 Å². The number of carbonyl (C=O) groups excluding carboxylic acids is 1. The van der Waals surface area contributed by atoms with Crippen LogP contribution in [0.3, 0.4) is 0 Å². The van der Waals surface area contributed by atoms with Crippen LogP contribution in [-0.4, -0.2) is 47.9 Å². The van der Waals surface area contributed by atoms with Crippen LogP contribution in [0.1, 0.15) is 29.9 Å². The molecule has 1 amide bonds. The SMILES string of the molecule is COC1=CN2C(C(=O)N3CCC(c4ccccc4C(F)(F)F)CC3)=NNC2C=C1. The van der Waals surface area contributed by atoms with E-state index in [1.165, 1.54) is 12.1 Å². The lowest BCUT2D eigenvalue weighted by molar-refractivity contribution is -0.138. The van der Waals surface area contributed by atoms with Gasteiger partial charge in [-0.2, -0.15) is 18.3 Å². The Morgan fingerprint density at radius 2 is 1.97 bits per heavy atom. The van der Waals surface area contributed by atoms with Gasteiger partial charge in [-0.25, -0.2) is 0 Å². The molecule has 3 heterocycles. The van der Waals surface area contributed by atoms with Crippen molar-refractivity contribution in [3.63, 3.8) is 0 Å². The van der Waals surface area contributed by atoms with E-state index in [-0.39, 0.29) is 23.8 Å². The van der Waals surface area contributed by atoms with Crippen LogP contribution in [0, 0.1) is 0 Å². The minimum atomic E-state index is -4.38. The molecule has 6 nitrogen and oxygen atoms in total. The quantitative estimate of drug-likeness (QED) is 0.839. The van der Waals surface area contributed by atoms with Crippen molar-refractivity contribution in [1.82, 2.24) is 15.2 Å². The van der Waals surface area contributed by atoms with E-state index < -0.39 is 11.7 Å². The van der Waals surface area contributed by atoms with Crippen molar-refractivity contribution in [2.24, 2.45) is 5.10 Å². The average Bonchev–Trinajstić information content (AvgIpc) is 3.16. The lowest BCUT2D eigenvalue weighted by atomic mass is 9.86. The number of ether oxygens (including phenoxy) is 1. The standard InChI is InChI=1S/C20H21F3N4O2/c1-29-14-6-7-17-24-25-18(27(17)12-14)19(28)26-10-8-13(9-11-26)15-4-2-3-5-16(15)20(21,22)23/h2-7,12-13,17,24H,8-11H2,1H3. The molecule has 1 aromatic rings. The number of allylic oxidation sites excluding steroid dienone is 1. The number of piperidine rings is 1. The predicted octanol–water partition coefficient (Wildman–Crippen LogP) is 3.01. The van der Waals surface area contributed by atoms with E-state index >= 15 is 0 Å². The molecule has 1 aromatic carbocycles. The molecule has 0 radical (unpaired) electrons. The third-order valence-corrected chi connectivity index (χ3v) is 5.47. The second-order valence-corrected chi connectivity index (χ2v) is 7.16. The Labute approximate surface area is 166 Å². The van der Waals surface area contributed by atoms with E-state index in [1.54, 1.807) is 35.3 Å². The zero-order valence-corrected chi connectivity index (χ0v) is 15.8. The van der Waals surface area contributed by atoms with Crippen LogP contribution in [0.5, 0.6) is 0 Å². The number of methoxy groups -OCH3 is 1. The van der Waals surface area contributed by atoms with Crippen LogP contribution in [-0.2, 0) is 15.7 Å². The molecule has 3 aliphatic heterocycles. The number of rotatable bonds is 3. The van der Waals surface area contributed by atoms with E-state index in [4.69, 9.17) is 4.74 Å². The summed E-state index contributed by atoms with van der Waals surface area (Å²) in [6, 6.07) is 5.69. The van der Waals surface area contributed by atoms with Gasteiger partial charge in [0.15, 0.2) is 0 Å². The van der Waals surface area contributed by atoms with Gasteiger partial charge >= 0.3 is 6.18 Å². The van der Waals surface area contributed by atoms with E-state index in [1.807, 2.05) is 6.08 Å². The highest BCUT2D eigenvalue weighted by molar-refractivity contribution is 6.38. The van der Waals surface area contributed by atoms with Gasteiger partial charge in [0.2, 0.25) is 5.84 Å². The maximum absolute atomic E-state index is 13.3. The number of likely N-dealkylation sites (tertiary alicyclic amines) is 1. The van der Waals surface area contributed by atoms with Gasteiger partial charge in [-0.15, -0.1) is 0 Å². The van der Waals surface area contributed by atoms with Gasteiger partial charge < -0.3 is 9.64 Å². The van der Waals surface area contributed by atoms with Gasteiger partial charge in [0.25, 0.3) is 5.91 Å². The second kappa shape index (κ2) is 7.46. The predicted molar refractivity (Wildman–Crippen MR) is 100 cm³/mol. The normalized spacial score (nSPS) is 22.0. The molecule has 1 saturated heterocycles. The maximum Gasteiger partial charge on any atom is 0.416 e. The lowest BCUT2D eigenvalue weighted by Crippen LogP contribution is -2.47. The van der Waals surface area contributed by atoms with Gasteiger partial charge in [-0.05, 0) is 42.5 Å². The monoisotopic (exact) mass is 406 g/mol. The van der Waals surface area contributed by atoms with Gasteiger partial charge in [-0.3, -0.25) is 15.1 Å². The molecule has 9 heteroatoms. The topological polar surface area (TPSA) is 57.2 Å². The number of nitrogens with zero attached hydrogens (tertiary/aromatic N) is 3. The summed E-state index contributed by atoms with van der Waals surface area (Å²) in [5.41, 5.74) is 2.60. The Kier molecular flexibility index (Phi) is 4.97. The molecule has 1 unspecified atom stereocenters. The maximum atomic E-state index is 13.3. The van der Waals surface area contributed by atoms with E-state index in [0.717, 1.165) is 6.07 Å². The summed E-state index contributed by atoms with van der Waals surface area (Å²) in [5, 5.41) is 4.15. The van der Waals surface area contributed by atoms with Gasteiger partial charge in [0.1, 0.15) is 11.9 Å². The first-order valence-corrected chi connectivity index (χ1v) is 9.39. The molecule has 154 valence electrons. The number of benzene rings is 1. The zero-order valence-electron chi connectivity index (χ0n) is 15.8. The number of amides is 1. The van der Waals surface area contributed by atoms with Crippen molar-refractivity contribution in [3.8, 4) is 0 Å². The molecule has 3 aliphatic rings. The minimum absolute atomic E-state index is 0.230. The number of hydrazone groups is 1. The lowest BCUT2D eigenvalue weighted by Gasteiger charge is -2.34. The molecule has 0 bridgehead atoms. The Bertz CT molecular complexity index is 886. The Morgan fingerprint density at radius 3 is 2.66 bits per heavy atom. The van der Waals surface area contributed by atoms with Crippen LogP contribution in [0.15, 0.2) is 53.5 Å². The van der Waals surface area contributed by atoms with Gasteiger partial charge in [0, 0.05) is 13.1 Å². The molecule has 1 atom stereocenters. The van der Waals surface area contributed by atoms with E-state index in [0.29, 0.717) is 37.3 Å². The summed E-state index contributed by atoms with van der Waals surface area (Å²) >= 11 is 0. The van der Waals surface area contributed by atoms with E-state index in [2.05, 4.69) is 10.5 Å². The van der Waals surface area contributed by atoms with Crippen molar-refractivity contribution in [1.29, 1.82) is 0 Å². The summed E-state index contributed by atoms with van der Waals surface area (Å²) in [7, 11) is 1.54. The molecule has 1 fully saturated rings. The summed E-state index contributed by atoms with van der Waals surface area (Å²) in [6.45, 7) is 0.758. The first-order valence-electron chi connectivity index (χ1n) is 9.39. The van der Waals surface area contributed by atoms with Gasteiger partial charge in [-0.1, -0.05) is 18.2 Å². The molecular formula is C20H21F3N4O2. The first kappa shape index (κ1) is 19.4. The highest BCUT2D eigenvalue weighted by Gasteiger charge is 2.38. The van der Waals surface area contributed by atoms with Crippen LogP contribution in [0.2, 0.25) is 0 Å². The Hall–Kier alpha value is -2.97. The molecule has 0 aromatic heterocycles. The van der Waals surface area contributed by atoms with Crippen molar-refractivity contribution in [2.75, 3.05) is 20.2 Å². The number of hydrogen-bond acceptors (Lipinski definition) is 5. The number of alkyl halides is 3. The molecule has 0 aliphatic carbocycles.